The van der Waals surface area contributed by atoms with Crippen molar-refractivity contribution in [2.75, 3.05) is 11.4 Å². The Kier molecular flexibility index (Phi) is 4.00. The molecule has 3 rings (SSSR count). The number of rotatable bonds is 2. The Morgan fingerprint density at radius 1 is 1.19 bits per heavy atom. The Morgan fingerprint density at radius 3 is 2.57 bits per heavy atom. The summed E-state index contributed by atoms with van der Waals surface area (Å²) in [5, 5.41) is -0.727. The van der Waals surface area contributed by atoms with E-state index in [2.05, 4.69) is 4.98 Å². The molecule has 0 aromatic carbocycles. The number of carbonyl (C=O) groups excluding carboxylic acids is 1. The molecule has 116 valence electrons. The zero-order chi connectivity index (χ0) is 15.0. The predicted molar refractivity (Wildman–Crippen MR) is 78.8 cm³/mol. The summed E-state index contributed by atoms with van der Waals surface area (Å²) in [6.07, 6.45) is 6.17. The summed E-state index contributed by atoms with van der Waals surface area (Å²) in [5.41, 5.74) is 1.02. The van der Waals surface area contributed by atoms with Crippen molar-refractivity contribution >= 4 is 32.6 Å². The van der Waals surface area contributed by atoms with Crippen LogP contribution in [0.4, 0.5) is 9.02 Å². The Bertz CT molecular complexity index is 631. The Hall–Kier alpha value is -1.02. The van der Waals surface area contributed by atoms with Crippen LogP contribution in [0.1, 0.15) is 42.7 Å². The molecule has 1 aliphatic carbocycles. The summed E-state index contributed by atoms with van der Waals surface area (Å²) in [5.74, 6) is -0.358. The SMILES string of the molecule is O=C1CC(S(=O)(=O)F)CN1c1nc2c(s1)CCCCCC2. The van der Waals surface area contributed by atoms with Crippen molar-refractivity contribution in [1.82, 2.24) is 4.98 Å². The Balaban J connectivity index is 1.84. The van der Waals surface area contributed by atoms with Gasteiger partial charge >= 0.3 is 10.2 Å². The van der Waals surface area contributed by atoms with Gasteiger partial charge in [0.1, 0.15) is 5.25 Å². The molecule has 1 amide bonds. The van der Waals surface area contributed by atoms with E-state index in [9.17, 15) is 17.1 Å². The first kappa shape index (κ1) is 14.9. The average Bonchev–Trinajstić information content (AvgIpc) is 2.92. The van der Waals surface area contributed by atoms with Gasteiger partial charge in [-0.05, 0) is 25.7 Å². The largest absolute Gasteiger partial charge is 0.307 e. The second-order valence-electron chi connectivity index (χ2n) is 5.59. The van der Waals surface area contributed by atoms with Gasteiger partial charge in [0.15, 0.2) is 5.13 Å². The molecule has 0 radical (unpaired) electrons. The highest BCUT2D eigenvalue weighted by atomic mass is 32.3. The molecule has 8 heteroatoms. The number of aryl methyl sites for hydroxylation is 2. The highest BCUT2D eigenvalue weighted by Gasteiger charge is 2.40. The van der Waals surface area contributed by atoms with Gasteiger partial charge in [0, 0.05) is 17.8 Å². The maximum Gasteiger partial charge on any atom is 0.307 e. The summed E-state index contributed by atoms with van der Waals surface area (Å²) in [7, 11) is -4.68. The maximum atomic E-state index is 13.1. The quantitative estimate of drug-likeness (QED) is 0.779. The molecule has 1 unspecified atom stereocenters. The highest BCUT2D eigenvalue weighted by Crippen LogP contribution is 2.34. The van der Waals surface area contributed by atoms with E-state index >= 15 is 0 Å². The number of nitrogens with zero attached hydrogens (tertiary/aromatic N) is 2. The van der Waals surface area contributed by atoms with Gasteiger partial charge in [-0.3, -0.25) is 9.69 Å². The summed E-state index contributed by atoms with van der Waals surface area (Å²) >= 11 is 1.45. The van der Waals surface area contributed by atoms with Gasteiger partial charge < -0.3 is 0 Å². The molecule has 1 aromatic rings. The second-order valence-corrected chi connectivity index (χ2v) is 8.27. The minimum Gasteiger partial charge on any atom is -0.287 e. The Labute approximate surface area is 127 Å². The minimum absolute atomic E-state index is 0.121. The maximum absolute atomic E-state index is 13.1. The monoisotopic (exact) mass is 332 g/mol. The zero-order valence-electron chi connectivity index (χ0n) is 11.5. The van der Waals surface area contributed by atoms with Crippen molar-refractivity contribution in [1.29, 1.82) is 0 Å². The van der Waals surface area contributed by atoms with Crippen LogP contribution in [-0.4, -0.2) is 31.1 Å². The van der Waals surface area contributed by atoms with Crippen LogP contribution in [-0.2, 0) is 27.9 Å². The van der Waals surface area contributed by atoms with Crippen molar-refractivity contribution in [2.24, 2.45) is 0 Å². The van der Waals surface area contributed by atoms with Crippen LogP contribution < -0.4 is 4.90 Å². The molecule has 0 N–H and O–H groups in total. The van der Waals surface area contributed by atoms with Crippen LogP contribution >= 0.6 is 11.3 Å². The number of amides is 1. The number of thiazole rings is 1. The van der Waals surface area contributed by atoms with E-state index in [4.69, 9.17) is 0 Å². The van der Waals surface area contributed by atoms with E-state index in [1.54, 1.807) is 0 Å². The molecule has 1 saturated heterocycles. The third-order valence-electron chi connectivity index (χ3n) is 4.05. The van der Waals surface area contributed by atoms with Crippen LogP contribution in [0.5, 0.6) is 0 Å². The van der Waals surface area contributed by atoms with Gasteiger partial charge in [0.2, 0.25) is 5.91 Å². The molecular formula is C13H17FN2O3S2. The molecular weight excluding hydrogens is 315 g/mol. The van der Waals surface area contributed by atoms with Gasteiger partial charge in [-0.25, -0.2) is 4.98 Å². The number of carbonyl (C=O) groups is 1. The van der Waals surface area contributed by atoms with Gasteiger partial charge in [-0.2, -0.15) is 8.42 Å². The summed E-state index contributed by atoms with van der Waals surface area (Å²) in [4.78, 5) is 19.0. The normalized spacial score (nSPS) is 23.8. The van der Waals surface area contributed by atoms with Crippen LogP contribution in [0.3, 0.4) is 0 Å². The van der Waals surface area contributed by atoms with Crippen LogP contribution in [0.2, 0.25) is 0 Å². The lowest BCUT2D eigenvalue weighted by Crippen LogP contribution is -2.26. The number of halogens is 1. The fourth-order valence-corrected chi connectivity index (χ4v) is 4.70. The summed E-state index contributed by atoms with van der Waals surface area (Å²) in [6, 6.07) is 0. The molecule has 1 aliphatic heterocycles. The number of anilines is 1. The lowest BCUT2D eigenvalue weighted by atomic mass is 10.0. The van der Waals surface area contributed by atoms with Crippen molar-refractivity contribution < 1.29 is 17.1 Å². The van der Waals surface area contributed by atoms with Crippen molar-refractivity contribution in [3.63, 3.8) is 0 Å². The minimum atomic E-state index is -4.68. The molecule has 1 atom stereocenters. The first-order valence-electron chi connectivity index (χ1n) is 7.17. The fourth-order valence-electron chi connectivity index (χ4n) is 2.86. The van der Waals surface area contributed by atoms with E-state index < -0.39 is 15.5 Å². The standard InChI is InChI=1S/C13H17FN2O3S2/c14-21(18,19)9-7-12(17)16(8-9)13-15-10-5-3-1-2-4-6-11(10)20-13/h9H,1-8H2. The smallest absolute Gasteiger partial charge is 0.287 e. The molecule has 2 heterocycles. The van der Waals surface area contributed by atoms with Crippen molar-refractivity contribution in [3.05, 3.63) is 10.6 Å². The number of aromatic nitrogens is 1. The van der Waals surface area contributed by atoms with E-state index in [0.29, 0.717) is 5.13 Å². The molecule has 2 aliphatic rings. The predicted octanol–water partition coefficient (Wildman–Crippen LogP) is 2.21. The van der Waals surface area contributed by atoms with Crippen LogP contribution in [0, 0.1) is 0 Å². The lowest BCUT2D eigenvalue weighted by Gasteiger charge is -2.11. The molecule has 1 fully saturated rings. The van der Waals surface area contributed by atoms with Crippen LogP contribution in [0.15, 0.2) is 0 Å². The number of fused-ring (bicyclic) bond motifs is 1. The third-order valence-corrected chi connectivity index (χ3v) is 6.35. The first-order valence-corrected chi connectivity index (χ1v) is 9.44. The second kappa shape index (κ2) is 5.64. The van der Waals surface area contributed by atoms with Gasteiger partial charge in [-0.1, -0.05) is 12.8 Å². The van der Waals surface area contributed by atoms with Crippen molar-refractivity contribution in [3.8, 4) is 0 Å². The summed E-state index contributed by atoms with van der Waals surface area (Å²) < 4.78 is 35.0. The van der Waals surface area contributed by atoms with Crippen LogP contribution in [0.25, 0.3) is 0 Å². The molecule has 0 saturated carbocycles. The molecule has 1 aromatic heterocycles. The topological polar surface area (TPSA) is 67.3 Å². The number of hydrogen-bond donors (Lipinski definition) is 0. The van der Waals surface area contributed by atoms with E-state index in [1.165, 1.54) is 34.0 Å². The molecule has 0 bridgehead atoms. The van der Waals surface area contributed by atoms with Gasteiger partial charge in [0.05, 0.1) is 5.69 Å². The highest BCUT2D eigenvalue weighted by molar-refractivity contribution is 7.87. The molecule has 0 spiro atoms. The van der Waals surface area contributed by atoms with Gasteiger partial charge in [-0.15, -0.1) is 15.2 Å². The average molecular weight is 332 g/mol. The molecule has 5 nitrogen and oxygen atoms in total. The zero-order valence-corrected chi connectivity index (χ0v) is 13.2. The summed E-state index contributed by atoms with van der Waals surface area (Å²) in [6.45, 7) is -0.121. The lowest BCUT2D eigenvalue weighted by molar-refractivity contribution is -0.117. The molecule has 21 heavy (non-hydrogen) atoms. The van der Waals surface area contributed by atoms with E-state index in [-0.39, 0.29) is 18.9 Å². The van der Waals surface area contributed by atoms with Gasteiger partial charge in [0.25, 0.3) is 0 Å². The first-order chi connectivity index (χ1) is 9.95. The van der Waals surface area contributed by atoms with Crippen molar-refractivity contribution in [2.45, 2.75) is 50.2 Å². The van der Waals surface area contributed by atoms with E-state index in [1.807, 2.05) is 0 Å². The fraction of sp³-hybridized carbons (Fsp3) is 0.692. The Morgan fingerprint density at radius 2 is 1.90 bits per heavy atom. The number of hydrogen-bond acceptors (Lipinski definition) is 5. The van der Waals surface area contributed by atoms with E-state index in [0.717, 1.165) is 31.4 Å². The third kappa shape index (κ3) is 3.11.